The molecule has 1 aliphatic carbocycles. The van der Waals surface area contributed by atoms with E-state index in [-0.39, 0.29) is 12.0 Å². The van der Waals surface area contributed by atoms with Gasteiger partial charge in [0.1, 0.15) is 17.7 Å². The van der Waals surface area contributed by atoms with Gasteiger partial charge in [-0.2, -0.15) is 5.10 Å². The van der Waals surface area contributed by atoms with E-state index in [1.807, 2.05) is 27.9 Å². The van der Waals surface area contributed by atoms with Crippen molar-refractivity contribution >= 4 is 23.2 Å². The van der Waals surface area contributed by atoms with Crippen molar-refractivity contribution in [1.82, 2.24) is 24.4 Å². The predicted molar refractivity (Wildman–Crippen MR) is 119 cm³/mol. The van der Waals surface area contributed by atoms with E-state index < -0.39 is 5.82 Å². The van der Waals surface area contributed by atoms with Crippen LogP contribution in [0.5, 0.6) is 5.75 Å². The monoisotopic (exact) mass is 457 g/mol. The molecule has 0 saturated heterocycles. The molecule has 7 nitrogen and oxygen atoms in total. The first-order chi connectivity index (χ1) is 15.2. The molecule has 1 aliphatic heterocycles. The Morgan fingerprint density at radius 3 is 2.72 bits per heavy atom. The first-order valence-corrected chi connectivity index (χ1v) is 11.1. The van der Waals surface area contributed by atoms with Gasteiger partial charge in [0.15, 0.2) is 5.65 Å². The number of carbonyl (C=O) groups is 1. The molecule has 0 bridgehead atoms. The lowest BCUT2D eigenvalue weighted by atomic mass is 9.88. The number of carbonyl (C=O) groups excluding carboxylic acids is 1. The van der Waals surface area contributed by atoms with Gasteiger partial charge in [0.25, 0.3) is 5.91 Å². The van der Waals surface area contributed by atoms with Crippen molar-refractivity contribution < 1.29 is 13.9 Å². The SMILES string of the molecule is Cc1nc2c3c(nn2c(C)c1Cl)CN(C(=O)c1ccc(F)cc1O[C@H]1C[C@H](N(C)C)C1)C3. The van der Waals surface area contributed by atoms with Crippen molar-refractivity contribution in [2.45, 2.75) is 51.9 Å². The van der Waals surface area contributed by atoms with Gasteiger partial charge in [0, 0.05) is 17.7 Å². The summed E-state index contributed by atoms with van der Waals surface area (Å²) in [6.45, 7) is 4.50. The first kappa shape index (κ1) is 21.2. The summed E-state index contributed by atoms with van der Waals surface area (Å²) >= 11 is 6.32. The normalized spacial score (nSPS) is 20.0. The van der Waals surface area contributed by atoms with Crippen LogP contribution in [-0.4, -0.2) is 56.5 Å². The van der Waals surface area contributed by atoms with E-state index in [0.717, 1.165) is 41.1 Å². The zero-order valence-corrected chi connectivity index (χ0v) is 19.3. The lowest BCUT2D eigenvalue weighted by Gasteiger charge is -2.39. The van der Waals surface area contributed by atoms with Gasteiger partial charge in [-0.05, 0) is 52.9 Å². The van der Waals surface area contributed by atoms with Gasteiger partial charge < -0.3 is 14.5 Å². The zero-order chi connectivity index (χ0) is 22.7. The Labute approximate surface area is 190 Å². The molecule has 0 N–H and O–H groups in total. The Hall–Kier alpha value is -2.71. The number of amides is 1. The minimum atomic E-state index is -0.422. The van der Waals surface area contributed by atoms with Gasteiger partial charge in [-0.15, -0.1) is 0 Å². The second kappa shape index (κ2) is 7.71. The van der Waals surface area contributed by atoms with E-state index in [0.29, 0.717) is 35.5 Å². The van der Waals surface area contributed by atoms with E-state index >= 15 is 0 Å². The molecule has 0 atom stereocenters. The lowest BCUT2D eigenvalue weighted by Crippen LogP contribution is -2.46. The van der Waals surface area contributed by atoms with E-state index in [9.17, 15) is 9.18 Å². The van der Waals surface area contributed by atoms with Crippen LogP contribution in [-0.2, 0) is 13.1 Å². The summed E-state index contributed by atoms with van der Waals surface area (Å²) in [6.07, 6.45) is 1.70. The molecular formula is C23H25ClFN5O2. The number of hydrogen-bond donors (Lipinski definition) is 0. The Kier molecular flexibility index (Phi) is 5.09. The molecule has 1 aromatic carbocycles. The molecule has 168 valence electrons. The molecule has 5 rings (SSSR count). The summed E-state index contributed by atoms with van der Waals surface area (Å²) in [5, 5.41) is 5.22. The van der Waals surface area contributed by atoms with Crippen LogP contribution in [0.1, 0.15) is 45.8 Å². The Balaban J connectivity index is 1.39. The van der Waals surface area contributed by atoms with Crippen LogP contribution in [0.15, 0.2) is 18.2 Å². The zero-order valence-electron chi connectivity index (χ0n) is 18.5. The first-order valence-electron chi connectivity index (χ1n) is 10.7. The molecule has 32 heavy (non-hydrogen) atoms. The fourth-order valence-electron chi connectivity index (χ4n) is 4.43. The number of aromatic nitrogens is 3. The maximum atomic E-state index is 14.0. The van der Waals surface area contributed by atoms with Crippen molar-refractivity contribution in [2.75, 3.05) is 14.1 Å². The van der Waals surface area contributed by atoms with Crippen LogP contribution >= 0.6 is 11.6 Å². The van der Waals surface area contributed by atoms with Gasteiger partial charge in [-0.25, -0.2) is 13.9 Å². The molecule has 3 heterocycles. The van der Waals surface area contributed by atoms with E-state index in [1.165, 1.54) is 18.2 Å². The highest BCUT2D eigenvalue weighted by molar-refractivity contribution is 6.31. The van der Waals surface area contributed by atoms with Crippen molar-refractivity contribution in [1.29, 1.82) is 0 Å². The molecule has 1 amide bonds. The van der Waals surface area contributed by atoms with E-state index in [1.54, 1.807) is 9.42 Å². The van der Waals surface area contributed by atoms with Crippen LogP contribution in [0.25, 0.3) is 5.65 Å². The Morgan fingerprint density at radius 1 is 1.25 bits per heavy atom. The predicted octanol–water partition coefficient (Wildman–Crippen LogP) is 3.77. The van der Waals surface area contributed by atoms with Gasteiger partial charge in [-0.1, -0.05) is 11.6 Å². The number of ether oxygens (including phenoxy) is 1. The van der Waals surface area contributed by atoms with Crippen LogP contribution in [0.3, 0.4) is 0 Å². The standard InChI is InChI=1S/C23H25ClFN5O2/c1-12-21(24)13(2)30-22(26-12)18-10-29(11-19(18)27-30)23(31)17-6-5-14(25)7-20(17)32-16-8-15(9-16)28(3)4/h5-7,15-16H,8-11H2,1-4H3/t15-,16-. The number of benzene rings is 1. The Morgan fingerprint density at radius 2 is 2.00 bits per heavy atom. The highest BCUT2D eigenvalue weighted by atomic mass is 35.5. The number of nitrogens with zero attached hydrogens (tertiary/aromatic N) is 5. The molecular weight excluding hydrogens is 433 g/mol. The summed E-state index contributed by atoms with van der Waals surface area (Å²) in [5.41, 5.74) is 4.35. The fourth-order valence-corrected chi connectivity index (χ4v) is 4.56. The summed E-state index contributed by atoms with van der Waals surface area (Å²) < 4.78 is 21.7. The number of fused-ring (bicyclic) bond motifs is 3. The van der Waals surface area contributed by atoms with Crippen molar-refractivity contribution in [3.63, 3.8) is 0 Å². The maximum absolute atomic E-state index is 14.0. The molecule has 0 unspecified atom stereocenters. The van der Waals surface area contributed by atoms with E-state index in [4.69, 9.17) is 16.3 Å². The average molecular weight is 458 g/mol. The topological polar surface area (TPSA) is 63.0 Å². The van der Waals surface area contributed by atoms with Crippen molar-refractivity contribution in [3.8, 4) is 5.75 Å². The third-order valence-electron chi connectivity index (χ3n) is 6.51. The van der Waals surface area contributed by atoms with Gasteiger partial charge >= 0.3 is 0 Å². The molecule has 2 aromatic heterocycles. The summed E-state index contributed by atoms with van der Waals surface area (Å²) in [5.74, 6) is -0.330. The smallest absolute Gasteiger partial charge is 0.258 e. The van der Waals surface area contributed by atoms with Crippen molar-refractivity contribution in [2.24, 2.45) is 0 Å². The van der Waals surface area contributed by atoms with Gasteiger partial charge in [0.05, 0.1) is 40.8 Å². The number of aryl methyl sites for hydroxylation is 2. The summed E-state index contributed by atoms with van der Waals surface area (Å²) in [7, 11) is 4.07. The molecule has 2 aliphatic rings. The van der Waals surface area contributed by atoms with Crippen molar-refractivity contribution in [3.05, 3.63) is 57.2 Å². The minimum Gasteiger partial charge on any atom is -0.489 e. The molecule has 9 heteroatoms. The molecule has 0 spiro atoms. The number of rotatable bonds is 4. The number of hydrogen-bond acceptors (Lipinski definition) is 5. The second-order valence-electron chi connectivity index (χ2n) is 8.89. The molecule has 1 saturated carbocycles. The molecule has 3 aromatic rings. The lowest BCUT2D eigenvalue weighted by molar-refractivity contribution is 0.0384. The highest BCUT2D eigenvalue weighted by Crippen LogP contribution is 2.34. The average Bonchev–Trinajstić information content (AvgIpc) is 3.27. The van der Waals surface area contributed by atoms with Crippen LogP contribution < -0.4 is 4.74 Å². The number of halogens is 2. The maximum Gasteiger partial charge on any atom is 0.258 e. The molecule has 1 fully saturated rings. The highest BCUT2D eigenvalue weighted by Gasteiger charge is 2.35. The van der Waals surface area contributed by atoms with Crippen LogP contribution in [0, 0.1) is 19.7 Å². The van der Waals surface area contributed by atoms with Crippen LogP contribution in [0.4, 0.5) is 4.39 Å². The van der Waals surface area contributed by atoms with Crippen LogP contribution in [0.2, 0.25) is 5.02 Å². The minimum absolute atomic E-state index is 0.0179. The molecule has 0 radical (unpaired) electrons. The third kappa shape index (κ3) is 3.42. The van der Waals surface area contributed by atoms with Gasteiger partial charge in [-0.3, -0.25) is 4.79 Å². The quantitative estimate of drug-likeness (QED) is 0.597. The third-order valence-corrected chi connectivity index (χ3v) is 7.06. The van der Waals surface area contributed by atoms with Gasteiger partial charge in [0.2, 0.25) is 0 Å². The largest absolute Gasteiger partial charge is 0.489 e. The fraction of sp³-hybridized carbons (Fsp3) is 0.435. The summed E-state index contributed by atoms with van der Waals surface area (Å²) in [6, 6.07) is 4.56. The van der Waals surface area contributed by atoms with E-state index in [2.05, 4.69) is 15.0 Å². The Bertz CT molecular complexity index is 1240. The second-order valence-corrected chi connectivity index (χ2v) is 9.27. The summed E-state index contributed by atoms with van der Waals surface area (Å²) in [4.78, 5) is 21.8.